The summed E-state index contributed by atoms with van der Waals surface area (Å²) >= 11 is 0. The van der Waals surface area contributed by atoms with Crippen molar-refractivity contribution in [2.75, 3.05) is 38.7 Å². The highest BCUT2D eigenvalue weighted by Crippen LogP contribution is 2.32. The van der Waals surface area contributed by atoms with Crippen LogP contribution in [0.15, 0.2) is 36.5 Å². The van der Waals surface area contributed by atoms with Gasteiger partial charge in [0.05, 0.1) is 17.8 Å². The first-order valence-electron chi connectivity index (χ1n) is 11.7. The molecule has 4 rings (SSSR count). The fraction of sp³-hybridized carbons (Fsp3) is 0.440. The van der Waals surface area contributed by atoms with E-state index < -0.39 is 5.91 Å². The topological polar surface area (TPSA) is 124 Å². The van der Waals surface area contributed by atoms with Crippen LogP contribution in [-0.4, -0.2) is 60.5 Å². The van der Waals surface area contributed by atoms with Crippen LogP contribution in [0.2, 0.25) is 0 Å². The van der Waals surface area contributed by atoms with E-state index in [9.17, 15) is 4.79 Å². The Morgan fingerprint density at radius 1 is 1.21 bits per heavy atom. The highest BCUT2D eigenvalue weighted by molar-refractivity contribution is 6.05. The SMILES string of the molecule is CNCCCOc1ccc(-c2ccc3nnc(C(N)=O)c(N[C@@H](C)C4CCOCC4)c3c2)cn1. The maximum Gasteiger partial charge on any atom is 0.271 e. The molecule has 0 aliphatic carbocycles. The molecule has 0 bridgehead atoms. The number of ether oxygens (including phenoxy) is 2. The summed E-state index contributed by atoms with van der Waals surface area (Å²) in [6.07, 6.45) is 4.64. The van der Waals surface area contributed by atoms with Gasteiger partial charge in [-0.1, -0.05) is 6.07 Å². The van der Waals surface area contributed by atoms with Crippen LogP contribution in [-0.2, 0) is 4.74 Å². The Bertz CT molecular complexity index is 1120. The minimum absolute atomic E-state index is 0.124. The number of nitrogens with one attached hydrogen (secondary N) is 2. The van der Waals surface area contributed by atoms with E-state index in [0.717, 1.165) is 55.5 Å². The van der Waals surface area contributed by atoms with Gasteiger partial charge in [0, 0.05) is 42.5 Å². The molecule has 1 aliphatic rings. The van der Waals surface area contributed by atoms with Crippen molar-refractivity contribution in [1.82, 2.24) is 20.5 Å². The van der Waals surface area contributed by atoms with E-state index in [4.69, 9.17) is 15.2 Å². The lowest BCUT2D eigenvalue weighted by Gasteiger charge is -2.29. The fourth-order valence-electron chi connectivity index (χ4n) is 4.23. The predicted octanol–water partition coefficient (Wildman–Crippen LogP) is 3.01. The highest BCUT2D eigenvalue weighted by Gasteiger charge is 2.24. The highest BCUT2D eigenvalue weighted by atomic mass is 16.5. The van der Waals surface area contributed by atoms with Crippen molar-refractivity contribution >= 4 is 22.5 Å². The third kappa shape index (κ3) is 5.60. The van der Waals surface area contributed by atoms with Crippen LogP contribution >= 0.6 is 0 Å². The number of pyridine rings is 1. The molecule has 34 heavy (non-hydrogen) atoms. The van der Waals surface area contributed by atoms with Crippen LogP contribution in [0.1, 0.15) is 36.7 Å². The molecular formula is C25H32N6O3. The van der Waals surface area contributed by atoms with Crippen LogP contribution in [0.25, 0.3) is 22.0 Å². The van der Waals surface area contributed by atoms with Gasteiger partial charge in [-0.2, -0.15) is 0 Å². The molecule has 1 atom stereocenters. The predicted molar refractivity (Wildman–Crippen MR) is 132 cm³/mol. The van der Waals surface area contributed by atoms with Gasteiger partial charge in [-0.25, -0.2) is 4.98 Å². The number of aromatic nitrogens is 3. The summed E-state index contributed by atoms with van der Waals surface area (Å²) in [4.78, 5) is 16.6. The van der Waals surface area contributed by atoms with Crippen LogP contribution in [0.5, 0.6) is 5.88 Å². The molecule has 9 heteroatoms. The Kier molecular flexibility index (Phi) is 7.87. The van der Waals surface area contributed by atoms with Gasteiger partial charge in [0.15, 0.2) is 5.69 Å². The van der Waals surface area contributed by atoms with Crippen LogP contribution < -0.4 is 21.1 Å². The van der Waals surface area contributed by atoms with Crippen molar-refractivity contribution in [1.29, 1.82) is 0 Å². The Labute approximate surface area is 199 Å². The minimum Gasteiger partial charge on any atom is -0.478 e. The van der Waals surface area contributed by atoms with Gasteiger partial charge in [0.25, 0.3) is 5.91 Å². The quantitative estimate of drug-likeness (QED) is 0.391. The summed E-state index contributed by atoms with van der Waals surface area (Å²) in [7, 11) is 1.92. The van der Waals surface area contributed by atoms with Gasteiger partial charge in [-0.15, -0.1) is 10.2 Å². The second-order valence-electron chi connectivity index (χ2n) is 8.59. The van der Waals surface area contributed by atoms with Crippen LogP contribution in [0, 0.1) is 5.92 Å². The Morgan fingerprint density at radius 2 is 2.00 bits per heavy atom. The number of amides is 1. The van der Waals surface area contributed by atoms with Gasteiger partial charge in [0.2, 0.25) is 5.88 Å². The third-order valence-electron chi connectivity index (χ3n) is 6.23. The van der Waals surface area contributed by atoms with Crippen LogP contribution in [0.4, 0.5) is 5.69 Å². The molecule has 0 saturated carbocycles. The van der Waals surface area contributed by atoms with E-state index in [1.165, 1.54) is 0 Å². The molecule has 0 spiro atoms. The number of carbonyl (C=O) groups is 1. The molecule has 3 aromatic rings. The molecule has 1 amide bonds. The normalized spacial score (nSPS) is 15.2. The Morgan fingerprint density at radius 3 is 2.71 bits per heavy atom. The number of benzene rings is 1. The lowest BCUT2D eigenvalue weighted by Crippen LogP contribution is -2.32. The van der Waals surface area contributed by atoms with E-state index in [1.54, 1.807) is 6.20 Å². The van der Waals surface area contributed by atoms with Gasteiger partial charge >= 0.3 is 0 Å². The zero-order valence-electron chi connectivity index (χ0n) is 19.7. The molecule has 9 nitrogen and oxygen atoms in total. The van der Waals surface area contributed by atoms with Crippen molar-refractivity contribution in [3.8, 4) is 17.0 Å². The van der Waals surface area contributed by atoms with Gasteiger partial charge in [-0.3, -0.25) is 4.79 Å². The first kappa shape index (κ1) is 23.8. The number of rotatable bonds is 10. The second-order valence-corrected chi connectivity index (χ2v) is 8.59. The standard InChI is InChI=1S/C25H32N6O3/c1-16(17-8-12-33-13-9-17)29-23-20-14-18(4-6-21(20)30-31-24(23)25(26)32)19-5-7-22(28-15-19)34-11-3-10-27-2/h4-7,14-17,27H,3,8-13H2,1-2H3,(H2,26,32)(H,29,30)/t16-/m0/s1. The molecule has 180 valence electrons. The molecular weight excluding hydrogens is 432 g/mol. The monoisotopic (exact) mass is 464 g/mol. The van der Waals surface area contributed by atoms with Gasteiger partial charge < -0.3 is 25.8 Å². The third-order valence-corrected chi connectivity index (χ3v) is 6.23. The van der Waals surface area contributed by atoms with Gasteiger partial charge in [0.1, 0.15) is 0 Å². The molecule has 1 aliphatic heterocycles. The van der Waals surface area contributed by atoms with Crippen molar-refractivity contribution in [3.63, 3.8) is 0 Å². The molecule has 1 fully saturated rings. The fourth-order valence-corrected chi connectivity index (χ4v) is 4.23. The second kappa shape index (κ2) is 11.2. The van der Waals surface area contributed by atoms with Crippen molar-refractivity contribution in [3.05, 3.63) is 42.2 Å². The zero-order valence-corrected chi connectivity index (χ0v) is 19.7. The lowest BCUT2D eigenvalue weighted by molar-refractivity contribution is 0.0622. The number of hydrogen-bond donors (Lipinski definition) is 3. The summed E-state index contributed by atoms with van der Waals surface area (Å²) in [6.45, 7) is 5.13. The number of anilines is 1. The molecule has 3 heterocycles. The minimum atomic E-state index is -0.608. The van der Waals surface area contributed by atoms with E-state index in [2.05, 4.69) is 32.7 Å². The first-order chi connectivity index (χ1) is 16.6. The van der Waals surface area contributed by atoms with Crippen molar-refractivity contribution in [2.24, 2.45) is 11.7 Å². The average Bonchev–Trinajstić information content (AvgIpc) is 2.87. The summed E-state index contributed by atoms with van der Waals surface area (Å²) < 4.78 is 11.2. The Hall–Kier alpha value is -3.30. The number of fused-ring (bicyclic) bond motifs is 1. The lowest BCUT2D eigenvalue weighted by atomic mass is 9.92. The number of nitrogens with zero attached hydrogens (tertiary/aromatic N) is 3. The zero-order chi connectivity index (χ0) is 23.9. The number of primary amides is 1. The number of carbonyl (C=O) groups excluding carboxylic acids is 1. The maximum absolute atomic E-state index is 12.2. The van der Waals surface area contributed by atoms with Crippen molar-refractivity contribution < 1.29 is 14.3 Å². The molecule has 2 aromatic heterocycles. The maximum atomic E-state index is 12.2. The van der Waals surface area contributed by atoms with Crippen LogP contribution in [0.3, 0.4) is 0 Å². The first-order valence-corrected chi connectivity index (χ1v) is 11.7. The molecule has 0 unspecified atom stereocenters. The molecule has 0 radical (unpaired) electrons. The number of nitrogens with two attached hydrogens (primary N) is 1. The molecule has 1 saturated heterocycles. The van der Waals surface area contributed by atoms with E-state index in [1.807, 2.05) is 37.4 Å². The number of hydrogen-bond acceptors (Lipinski definition) is 8. The molecule has 1 aromatic carbocycles. The largest absolute Gasteiger partial charge is 0.478 e. The van der Waals surface area contributed by atoms with Gasteiger partial charge in [-0.05, 0) is 69.5 Å². The summed E-state index contributed by atoms with van der Waals surface area (Å²) in [6, 6.07) is 9.83. The van der Waals surface area contributed by atoms with E-state index in [-0.39, 0.29) is 11.7 Å². The molecule has 4 N–H and O–H groups in total. The van der Waals surface area contributed by atoms with Crippen molar-refractivity contribution in [2.45, 2.75) is 32.2 Å². The summed E-state index contributed by atoms with van der Waals surface area (Å²) in [5.74, 6) is 0.420. The summed E-state index contributed by atoms with van der Waals surface area (Å²) in [5, 5.41) is 15.8. The Balaban J connectivity index is 1.62. The van der Waals surface area contributed by atoms with E-state index in [0.29, 0.717) is 29.6 Å². The summed E-state index contributed by atoms with van der Waals surface area (Å²) in [5.41, 5.74) is 9.00. The average molecular weight is 465 g/mol. The van der Waals surface area contributed by atoms with E-state index >= 15 is 0 Å². The smallest absolute Gasteiger partial charge is 0.271 e.